The molecule has 2 aromatic rings. The van der Waals surface area contributed by atoms with Crippen LogP contribution in [0.2, 0.25) is 0 Å². The average molecular weight is 244 g/mol. The molecule has 0 aliphatic rings. The van der Waals surface area contributed by atoms with Gasteiger partial charge < -0.3 is 10.1 Å². The van der Waals surface area contributed by atoms with Crippen molar-refractivity contribution in [3.8, 4) is 0 Å². The first kappa shape index (κ1) is 12.7. The van der Waals surface area contributed by atoms with Gasteiger partial charge in [0.2, 0.25) is 0 Å². The third-order valence-corrected chi connectivity index (χ3v) is 2.07. The van der Waals surface area contributed by atoms with E-state index in [4.69, 9.17) is 4.74 Å². The minimum atomic E-state index is 0. The number of nitrogens with one attached hydrogen (secondary N) is 2. The molecule has 2 rings (SSSR count). The van der Waals surface area contributed by atoms with E-state index >= 15 is 0 Å². The average Bonchev–Trinajstić information content (AvgIpc) is 2.73. The van der Waals surface area contributed by atoms with Gasteiger partial charge in [-0.15, -0.1) is 12.4 Å². The molecule has 0 aromatic carbocycles. The Morgan fingerprint density at radius 1 is 1.44 bits per heavy atom. The van der Waals surface area contributed by atoms with E-state index in [1.165, 1.54) is 6.33 Å². The van der Waals surface area contributed by atoms with Crippen LogP contribution in [0.4, 0.5) is 5.82 Å². The summed E-state index contributed by atoms with van der Waals surface area (Å²) in [6, 6.07) is 0. The van der Waals surface area contributed by atoms with Gasteiger partial charge in [0, 0.05) is 20.3 Å². The molecule has 0 bridgehead atoms. The molecule has 0 unspecified atom stereocenters. The minimum Gasteiger partial charge on any atom is -0.385 e. The van der Waals surface area contributed by atoms with E-state index in [0.29, 0.717) is 0 Å². The van der Waals surface area contributed by atoms with Gasteiger partial charge >= 0.3 is 0 Å². The Morgan fingerprint density at radius 3 is 3.12 bits per heavy atom. The monoisotopic (exact) mass is 243 g/mol. The second-order valence-electron chi connectivity index (χ2n) is 3.13. The van der Waals surface area contributed by atoms with Crippen molar-refractivity contribution < 1.29 is 4.74 Å². The molecule has 88 valence electrons. The number of halogens is 1. The number of aromatic nitrogens is 4. The van der Waals surface area contributed by atoms with E-state index in [2.05, 4.69) is 25.5 Å². The molecule has 7 heteroatoms. The number of hydrogen-bond donors (Lipinski definition) is 2. The van der Waals surface area contributed by atoms with Crippen LogP contribution in [0, 0.1) is 0 Å². The Labute approximate surface area is 99.2 Å². The number of H-pyrrole nitrogens is 1. The zero-order valence-corrected chi connectivity index (χ0v) is 9.75. The van der Waals surface area contributed by atoms with Gasteiger partial charge in [-0.05, 0) is 6.42 Å². The molecule has 2 aromatic heterocycles. The fraction of sp³-hybridized carbons (Fsp3) is 0.444. The third-order valence-electron chi connectivity index (χ3n) is 2.07. The molecule has 0 radical (unpaired) electrons. The number of hydrogen-bond acceptors (Lipinski definition) is 5. The summed E-state index contributed by atoms with van der Waals surface area (Å²) in [5, 5.41) is 10.8. The highest BCUT2D eigenvalue weighted by atomic mass is 35.5. The molecular weight excluding hydrogens is 230 g/mol. The van der Waals surface area contributed by atoms with Crippen LogP contribution < -0.4 is 5.32 Å². The Kier molecular flexibility index (Phi) is 4.94. The highest BCUT2D eigenvalue weighted by Crippen LogP contribution is 2.15. The molecule has 6 nitrogen and oxygen atoms in total. The number of fused-ring (bicyclic) bond motifs is 1. The summed E-state index contributed by atoms with van der Waals surface area (Å²) in [6.45, 7) is 1.57. The van der Waals surface area contributed by atoms with Crippen LogP contribution in [0.5, 0.6) is 0 Å². The fourth-order valence-electron chi connectivity index (χ4n) is 1.33. The molecular formula is C9H14ClN5O. The van der Waals surface area contributed by atoms with Crippen molar-refractivity contribution in [2.75, 3.05) is 25.6 Å². The standard InChI is InChI=1S/C9H13N5O.ClH/c1-15-4-2-3-10-8-7-5-13-14-9(7)12-6-11-8;/h5-6H,2-4H2,1H3,(H2,10,11,12,13,14);1H. The number of rotatable bonds is 5. The van der Waals surface area contributed by atoms with E-state index < -0.39 is 0 Å². The molecule has 2 N–H and O–H groups in total. The van der Waals surface area contributed by atoms with E-state index in [0.717, 1.165) is 36.4 Å². The SMILES string of the molecule is COCCCNc1ncnc2[nH]ncc12.Cl. The predicted octanol–water partition coefficient (Wildman–Crippen LogP) is 1.22. The quantitative estimate of drug-likeness (QED) is 0.773. The second-order valence-corrected chi connectivity index (χ2v) is 3.13. The first-order valence-corrected chi connectivity index (χ1v) is 4.78. The summed E-state index contributed by atoms with van der Waals surface area (Å²) in [5.74, 6) is 0.810. The van der Waals surface area contributed by atoms with Crippen LogP contribution in [-0.2, 0) is 4.74 Å². The number of nitrogens with zero attached hydrogens (tertiary/aromatic N) is 3. The van der Waals surface area contributed by atoms with Gasteiger partial charge in [0.1, 0.15) is 12.1 Å². The molecule has 16 heavy (non-hydrogen) atoms. The normalized spacial score (nSPS) is 10.1. The summed E-state index contributed by atoms with van der Waals surface area (Å²) in [6.07, 6.45) is 4.17. The lowest BCUT2D eigenvalue weighted by molar-refractivity contribution is 0.198. The largest absolute Gasteiger partial charge is 0.385 e. The third kappa shape index (κ3) is 2.80. The van der Waals surface area contributed by atoms with Crippen LogP contribution in [0.15, 0.2) is 12.5 Å². The second kappa shape index (κ2) is 6.24. The maximum Gasteiger partial charge on any atom is 0.160 e. The molecule has 0 aliphatic carbocycles. The molecule has 2 heterocycles. The Balaban J connectivity index is 0.00000128. The zero-order chi connectivity index (χ0) is 10.5. The van der Waals surface area contributed by atoms with E-state index in [1.807, 2.05) is 0 Å². The highest BCUT2D eigenvalue weighted by molar-refractivity contribution is 5.85. The molecule has 0 atom stereocenters. The number of anilines is 1. The van der Waals surface area contributed by atoms with Gasteiger partial charge in [-0.25, -0.2) is 9.97 Å². The van der Waals surface area contributed by atoms with Gasteiger partial charge in [-0.2, -0.15) is 5.10 Å². The molecule has 0 saturated heterocycles. The highest BCUT2D eigenvalue weighted by Gasteiger charge is 2.03. The lowest BCUT2D eigenvalue weighted by Crippen LogP contribution is -2.06. The lowest BCUT2D eigenvalue weighted by Gasteiger charge is -2.04. The van der Waals surface area contributed by atoms with Gasteiger partial charge in [-0.3, -0.25) is 5.10 Å². The number of methoxy groups -OCH3 is 1. The van der Waals surface area contributed by atoms with Gasteiger partial charge in [0.15, 0.2) is 5.65 Å². The topological polar surface area (TPSA) is 75.7 Å². The number of aromatic amines is 1. The smallest absolute Gasteiger partial charge is 0.160 e. The van der Waals surface area contributed by atoms with Crippen molar-refractivity contribution in [2.24, 2.45) is 0 Å². The van der Waals surface area contributed by atoms with Crippen molar-refractivity contribution in [2.45, 2.75) is 6.42 Å². The van der Waals surface area contributed by atoms with Crippen molar-refractivity contribution in [3.63, 3.8) is 0 Å². The van der Waals surface area contributed by atoms with Crippen molar-refractivity contribution >= 4 is 29.3 Å². The van der Waals surface area contributed by atoms with Crippen LogP contribution in [0.3, 0.4) is 0 Å². The summed E-state index contributed by atoms with van der Waals surface area (Å²) < 4.78 is 4.96. The summed E-state index contributed by atoms with van der Waals surface area (Å²) in [5.41, 5.74) is 0.749. The maximum absolute atomic E-state index is 4.96. The lowest BCUT2D eigenvalue weighted by atomic mass is 10.4. The van der Waals surface area contributed by atoms with Crippen LogP contribution >= 0.6 is 12.4 Å². The van der Waals surface area contributed by atoms with Gasteiger partial charge in [-0.1, -0.05) is 0 Å². The number of ether oxygens (including phenoxy) is 1. The molecule has 0 amide bonds. The van der Waals surface area contributed by atoms with Crippen molar-refractivity contribution in [1.29, 1.82) is 0 Å². The molecule has 0 aliphatic heterocycles. The Bertz CT molecular complexity index is 433. The molecule has 0 saturated carbocycles. The maximum atomic E-state index is 4.96. The Morgan fingerprint density at radius 2 is 2.31 bits per heavy atom. The summed E-state index contributed by atoms with van der Waals surface area (Å²) in [7, 11) is 1.69. The molecule has 0 spiro atoms. The summed E-state index contributed by atoms with van der Waals surface area (Å²) in [4.78, 5) is 8.21. The zero-order valence-electron chi connectivity index (χ0n) is 8.93. The van der Waals surface area contributed by atoms with Crippen molar-refractivity contribution in [1.82, 2.24) is 20.2 Å². The van der Waals surface area contributed by atoms with Gasteiger partial charge in [0.25, 0.3) is 0 Å². The first-order valence-electron chi connectivity index (χ1n) is 4.78. The van der Waals surface area contributed by atoms with E-state index in [-0.39, 0.29) is 12.4 Å². The van der Waals surface area contributed by atoms with Crippen LogP contribution in [-0.4, -0.2) is 40.4 Å². The van der Waals surface area contributed by atoms with E-state index in [9.17, 15) is 0 Å². The predicted molar refractivity (Wildman–Crippen MR) is 63.9 cm³/mol. The van der Waals surface area contributed by atoms with Crippen LogP contribution in [0.1, 0.15) is 6.42 Å². The van der Waals surface area contributed by atoms with Crippen molar-refractivity contribution in [3.05, 3.63) is 12.5 Å². The van der Waals surface area contributed by atoms with E-state index in [1.54, 1.807) is 13.3 Å². The van der Waals surface area contributed by atoms with Gasteiger partial charge in [0.05, 0.1) is 11.6 Å². The summed E-state index contributed by atoms with van der Waals surface area (Å²) >= 11 is 0. The Hall–Kier alpha value is -1.40. The fourth-order valence-corrected chi connectivity index (χ4v) is 1.33. The first-order chi connectivity index (χ1) is 7.42. The minimum absolute atomic E-state index is 0. The van der Waals surface area contributed by atoms with Crippen LogP contribution in [0.25, 0.3) is 11.0 Å². The molecule has 0 fully saturated rings.